The number of Topliss-reactive ketones (excluding diaryl/α,β-unsaturated/α-hetero) is 1. The van der Waals surface area contributed by atoms with Crippen LogP contribution < -0.4 is 0 Å². The molecule has 4 nitrogen and oxygen atoms in total. The zero-order valence-electron chi connectivity index (χ0n) is 10.1. The lowest BCUT2D eigenvalue weighted by Gasteiger charge is -1.98. The summed E-state index contributed by atoms with van der Waals surface area (Å²) in [6, 6.07) is 5.46. The van der Waals surface area contributed by atoms with Crippen molar-refractivity contribution in [2.24, 2.45) is 0 Å². The predicted octanol–water partition coefficient (Wildman–Crippen LogP) is 3.05. The summed E-state index contributed by atoms with van der Waals surface area (Å²) in [4.78, 5) is 11.8. The molecule has 0 unspecified atom stereocenters. The summed E-state index contributed by atoms with van der Waals surface area (Å²) in [6.45, 7) is 0. The number of hydrogen-bond acceptors (Lipinski definition) is 6. The smallest absolute Gasteiger partial charge is 0.277 e. The van der Waals surface area contributed by atoms with Crippen LogP contribution in [0, 0.1) is 5.82 Å². The molecule has 1 heterocycles. The van der Waals surface area contributed by atoms with Gasteiger partial charge in [0.2, 0.25) is 5.89 Å². The van der Waals surface area contributed by atoms with Crippen LogP contribution >= 0.6 is 23.5 Å². The molecule has 0 aliphatic carbocycles. The van der Waals surface area contributed by atoms with Crippen molar-refractivity contribution in [3.8, 4) is 0 Å². The molecule has 0 atom stereocenters. The number of ketones is 1. The highest BCUT2D eigenvalue weighted by atomic mass is 32.2. The molecule has 2 rings (SSSR count). The van der Waals surface area contributed by atoms with Gasteiger partial charge in [-0.25, -0.2) is 4.39 Å². The maximum atomic E-state index is 12.7. The maximum Gasteiger partial charge on any atom is 0.277 e. The van der Waals surface area contributed by atoms with Crippen LogP contribution in [-0.4, -0.2) is 28.0 Å². The van der Waals surface area contributed by atoms with Crippen molar-refractivity contribution in [2.45, 2.75) is 11.0 Å². The molecule has 0 amide bonds. The lowest BCUT2D eigenvalue weighted by Crippen LogP contribution is -2.02. The Labute approximate surface area is 118 Å². The molecule has 0 spiro atoms. The fourth-order valence-electron chi connectivity index (χ4n) is 1.32. The Morgan fingerprint density at radius 3 is 2.74 bits per heavy atom. The number of nitrogens with zero attached hydrogens (tertiary/aromatic N) is 2. The molecule has 1 aromatic heterocycles. The number of hydrogen-bond donors (Lipinski definition) is 0. The van der Waals surface area contributed by atoms with Gasteiger partial charge >= 0.3 is 0 Å². The third-order valence-electron chi connectivity index (χ3n) is 2.21. The Bertz CT molecular complexity index is 557. The molecule has 1 aromatic carbocycles. The summed E-state index contributed by atoms with van der Waals surface area (Å²) >= 11 is 2.76. The van der Waals surface area contributed by atoms with Gasteiger partial charge < -0.3 is 4.42 Å². The normalized spacial score (nSPS) is 10.6. The molecule has 100 valence electrons. The third-order valence-corrected chi connectivity index (χ3v) is 3.56. The van der Waals surface area contributed by atoms with Gasteiger partial charge in [0.05, 0.1) is 11.5 Å². The zero-order valence-corrected chi connectivity index (χ0v) is 11.8. The van der Waals surface area contributed by atoms with Gasteiger partial charge in [0.15, 0.2) is 5.78 Å². The molecule has 7 heteroatoms. The van der Waals surface area contributed by atoms with Gasteiger partial charge in [-0.1, -0.05) is 11.8 Å². The van der Waals surface area contributed by atoms with Crippen molar-refractivity contribution in [1.29, 1.82) is 0 Å². The number of thioether (sulfide) groups is 2. The van der Waals surface area contributed by atoms with Gasteiger partial charge in [-0.05, 0) is 30.5 Å². The Balaban J connectivity index is 1.90. The van der Waals surface area contributed by atoms with Gasteiger partial charge in [0, 0.05) is 5.56 Å². The molecular formula is C12H11FN2O2S2. The van der Waals surface area contributed by atoms with E-state index in [1.165, 1.54) is 36.0 Å². The van der Waals surface area contributed by atoms with Gasteiger partial charge in [-0.15, -0.1) is 10.2 Å². The lowest BCUT2D eigenvalue weighted by molar-refractivity contribution is 0.102. The SMILES string of the molecule is CSCc1nnc(SCC(=O)c2ccc(F)cc2)o1. The standard InChI is InChI=1S/C12H11FN2O2S2/c1-18-7-11-14-15-12(17-11)19-6-10(16)8-2-4-9(13)5-3-8/h2-5H,6-7H2,1H3. The van der Waals surface area contributed by atoms with Gasteiger partial charge in [0.25, 0.3) is 5.22 Å². The Morgan fingerprint density at radius 1 is 1.32 bits per heavy atom. The maximum absolute atomic E-state index is 12.7. The minimum atomic E-state index is -0.359. The van der Waals surface area contributed by atoms with E-state index in [0.29, 0.717) is 22.4 Å². The van der Waals surface area contributed by atoms with Crippen LogP contribution in [0.2, 0.25) is 0 Å². The van der Waals surface area contributed by atoms with Crippen LogP contribution in [0.25, 0.3) is 0 Å². The Kier molecular flexibility index (Phi) is 4.98. The van der Waals surface area contributed by atoms with E-state index < -0.39 is 0 Å². The molecule has 0 fully saturated rings. The second kappa shape index (κ2) is 6.72. The molecule has 0 aliphatic rings. The topological polar surface area (TPSA) is 56.0 Å². The molecular weight excluding hydrogens is 287 g/mol. The van der Waals surface area contributed by atoms with Crippen LogP contribution in [-0.2, 0) is 5.75 Å². The van der Waals surface area contributed by atoms with E-state index in [-0.39, 0.29) is 17.4 Å². The number of halogens is 1. The summed E-state index contributed by atoms with van der Waals surface area (Å²) in [7, 11) is 0. The van der Waals surface area contributed by atoms with E-state index in [9.17, 15) is 9.18 Å². The minimum Gasteiger partial charge on any atom is -0.415 e. The van der Waals surface area contributed by atoms with Crippen LogP contribution in [0.15, 0.2) is 33.9 Å². The van der Waals surface area contributed by atoms with Gasteiger partial charge in [-0.2, -0.15) is 11.8 Å². The molecule has 19 heavy (non-hydrogen) atoms. The summed E-state index contributed by atoms with van der Waals surface area (Å²) in [5, 5.41) is 8.06. The first-order valence-electron chi connectivity index (χ1n) is 5.42. The van der Waals surface area contributed by atoms with Crippen molar-refractivity contribution >= 4 is 29.3 Å². The largest absolute Gasteiger partial charge is 0.415 e. The van der Waals surface area contributed by atoms with E-state index in [1.54, 1.807) is 11.8 Å². The number of aromatic nitrogens is 2. The quantitative estimate of drug-likeness (QED) is 0.603. The molecule has 0 bridgehead atoms. The number of rotatable bonds is 6. The molecule has 2 aromatic rings. The molecule has 0 saturated heterocycles. The fraction of sp³-hybridized carbons (Fsp3) is 0.250. The first kappa shape index (κ1) is 14.1. The monoisotopic (exact) mass is 298 g/mol. The highest BCUT2D eigenvalue weighted by Crippen LogP contribution is 2.19. The van der Waals surface area contributed by atoms with Crippen LogP contribution in [0.1, 0.15) is 16.2 Å². The fourth-order valence-corrected chi connectivity index (χ4v) is 2.36. The number of carbonyl (C=O) groups excluding carboxylic acids is 1. The second-order valence-electron chi connectivity index (χ2n) is 3.61. The van der Waals surface area contributed by atoms with Crippen LogP contribution in [0.5, 0.6) is 0 Å². The first-order chi connectivity index (χ1) is 9.19. The van der Waals surface area contributed by atoms with E-state index in [2.05, 4.69) is 10.2 Å². The highest BCUT2D eigenvalue weighted by Gasteiger charge is 2.11. The zero-order chi connectivity index (χ0) is 13.7. The van der Waals surface area contributed by atoms with Crippen molar-refractivity contribution in [3.63, 3.8) is 0 Å². The van der Waals surface area contributed by atoms with Crippen LogP contribution in [0.3, 0.4) is 0 Å². The van der Waals surface area contributed by atoms with E-state index in [1.807, 2.05) is 6.26 Å². The summed E-state index contributed by atoms with van der Waals surface area (Å²) in [5.41, 5.74) is 0.470. The minimum absolute atomic E-state index is 0.102. The van der Waals surface area contributed by atoms with E-state index in [0.717, 1.165) is 0 Å². The molecule has 0 saturated carbocycles. The Hall–Kier alpha value is -1.34. The lowest BCUT2D eigenvalue weighted by atomic mass is 10.1. The average Bonchev–Trinajstić information content (AvgIpc) is 2.85. The van der Waals surface area contributed by atoms with Crippen molar-refractivity contribution < 1.29 is 13.6 Å². The van der Waals surface area contributed by atoms with Gasteiger partial charge in [-0.3, -0.25) is 4.79 Å². The summed E-state index contributed by atoms with van der Waals surface area (Å²) < 4.78 is 18.1. The van der Waals surface area contributed by atoms with Crippen molar-refractivity contribution in [2.75, 3.05) is 12.0 Å². The average molecular weight is 298 g/mol. The van der Waals surface area contributed by atoms with Crippen LogP contribution in [0.4, 0.5) is 4.39 Å². The number of benzene rings is 1. The molecule has 0 radical (unpaired) electrons. The summed E-state index contributed by atoms with van der Waals surface area (Å²) in [5.74, 6) is 0.924. The van der Waals surface area contributed by atoms with Crippen molar-refractivity contribution in [3.05, 3.63) is 41.5 Å². The summed E-state index contributed by atoms with van der Waals surface area (Å²) in [6.07, 6.45) is 1.94. The molecule has 0 aliphatic heterocycles. The van der Waals surface area contributed by atoms with Gasteiger partial charge in [0.1, 0.15) is 5.82 Å². The number of carbonyl (C=O) groups is 1. The van der Waals surface area contributed by atoms with E-state index in [4.69, 9.17) is 4.42 Å². The Morgan fingerprint density at radius 2 is 2.05 bits per heavy atom. The highest BCUT2D eigenvalue weighted by molar-refractivity contribution is 7.99. The van der Waals surface area contributed by atoms with E-state index >= 15 is 0 Å². The third kappa shape index (κ3) is 4.07. The first-order valence-corrected chi connectivity index (χ1v) is 7.80. The predicted molar refractivity (Wildman–Crippen MR) is 73.0 cm³/mol. The van der Waals surface area contributed by atoms with Crippen molar-refractivity contribution in [1.82, 2.24) is 10.2 Å². The molecule has 0 N–H and O–H groups in total. The second-order valence-corrected chi connectivity index (χ2v) is 5.41.